The number of hydrogen-bond acceptors (Lipinski definition) is 3. The third-order valence-corrected chi connectivity index (χ3v) is 7.05. The molecule has 0 aliphatic heterocycles. The van der Waals surface area contributed by atoms with Gasteiger partial charge in [0.2, 0.25) is 0 Å². The van der Waals surface area contributed by atoms with Crippen LogP contribution >= 0.6 is 11.8 Å². The van der Waals surface area contributed by atoms with Crippen LogP contribution in [0.2, 0.25) is 0 Å². The molecular formula is C16H29NOS. The molecule has 4 bridgehead atoms. The van der Waals surface area contributed by atoms with Crippen LogP contribution in [-0.2, 0) is 0 Å². The van der Waals surface area contributed by atoms with E-state index in [-0.39, 0.29) is 0 Å². The smallest absolute Gasteiger partial charge is 0.0438 e. The predicted octanol–water partition coefficient (Wildman–Crippen LogP) is 2.91. The van der Waals surface area contributed by atoms with Crippen molar-refractivity contribution in [3.8, 4) is 0 Å². The summed E-state index contributed by atoms with van der Waals surface area (Å²) >= 11 is 2.04. The minimum atomic E-state index is 0.342. The van der Waals surface area contributed by atoms with Gasteiger partial charge in [-0.1, -0.05) is 0 Å². The largest absolute Gasteiger partial charge is 0.396 e. The summed E-state index contributed by atoms with van der Waals surface area (Å²) in [7, 11) is 2.16. The molecule has 0 radical (unpaired) electrons. The topological polar surface area (TPSA) is 32.3 Å². The monoisotopic (exact) mass is 283 g/mol. The Morgan fingerprint density at radius 2 is 1.74 bits per heavy atom. The van der Waals surface area contributed by atoms with E-state index in [1.165, 1.54) is 44.3 Å². The van der Waals surface area contributed by atoms with Gasteiger partial charge >= 0.3 is 0 Å². The quantitative estimate of drug-likeness (QED) is 0.705. The lowest BCUT2D eigenvalue weighted by Gasteiger charge is -2.59. The normalized spacial score (nSPS) is 41.7. The summed E-state index contributed by atoms with van der Waals surface area (Å²) in [6.07, 6.45) is 10.0. The number of aliphatic hydroxyl groups excluding tert-OH is 1. The minimum absolute atomic E-state index is 0.342. The summed E-state index contributed by atoms with van der Waals surface area (Å²) in [5.74, 6) is 5.49. The molecule has 2 N–H and O–H groups in total. The van der Waals surface area contributed by atoms with Crippen molar-refractivity contribution in [2.45, 2.75) is 51.0 Å². The molecule has 0 aromatic heterocycles. The van der Waals surface area contributed by atoms with Gasteiger partial charge in [0, 0.05) is 18.4 Å². The van der Waals surface area contributed by atoms with Crippen molar-refractivity contribution in [3.63, 3.8) is 0 Å². The summed E-state index contributed by atoms with van der Waals surface area (Å²) in [5, 5.41) is 12.5. The van der Waals surface area contributed by atoms with Crippen LogP contribution in [0.25, 0.3) is 0 Å². The molecule has 4 fully saturated rings. The first-order valence-electron chi connectivity index (χ1n) is 8.11. The van der Waals surface area contributed by atoms with Crippen molar-refractivity contribution in [2.24, 2.45) is 23.2 Å². The van der Waals surface area contributed by atoms with Crippen LogP contribution in [0.1, 0.15) is 44.9 Å². The van der Waals surface area contributed by atoms with E-state index in [1.807, 2.05) is 11.8 Å². The van der Waals surface area contributed by atoms with Crippen LogP contribution in [0.3, 0.4) is 0 Å². The number of thioether (sulfide) groups is 1. The van der Waals surface area contributed by atoms with Crippen molar-refractivity contribution in [1.82, 2.24) is 5.32 Å². The van der Waals surface area contributed by atoms with Gasteiger partial charge < -0.3 is 10.4 Å². The standard InChI is InChI=1S/C16H29NOS/c1-17-15(11-19-4-2-3-18)16-8-12-5-13(9-16)7-14(6-12)10-16/h12-15,17-18H,2-11H2,1H3. The van der Waals surface area contributed by atoms with Crippen molar-refractivity contribution in [1.29, 1.82) is 0 Å². The van der Waals surface area contributed by atoms with E-state index in [4.69, 9.17) is 5.11 Å². The van der Waals surface area contributed by atoms with Crippen LogP contribution < -0.4 is 5.32 Å². The lowest BCUT2D eigenvalue weighted by Crippen LogP contribution is -2.56. The van der Waals surface area contributed by atoms with Gasteiger partial charge in [0.05, 0.1) is 0 Å². The molecule has 0 aromatic rings. The Hall–Kier alpha value is 0.270. The molecule has 1 unspecified atom stereocenters. The second-order valence-corrected chi connectivity index (χ2v) is 8.42. The Morgan fingerprint density at radius 1 is 1.16 bits per heavy atom. The van der Waals surface area contributed by atoms with Crippen LogP contribution in [-0.4, -0.2) is 36.3 Å². The van der Waals surface area contributed by atoms with Gasteiger partial charge in [-0.2, -0.15) is 11.8 Å². The first kappa shape index (κ1) is 14.2. The van der Waals surface area contributed by atoms with Crippen molar-refractivity contribution < 1.29 is 5.11 Å². The highest BCUT2D eigenvalue weighted by Crippen LogP contribution is 2.61. The Kier molecular flexibility index (Phi) is 4.45. The summed E-state index contributed by atoms with van der Waals surface area (Å²) in [5.41, 5.74) is 0.621. The Labute approximate surface area is 122 Å². The summed E-state index contributed by atoms with van der Waals surface area (Å²) in [4.78, 5) is 0. The van der Waals surface area contributed by atoms with E-state index >= 15 is 0 Å². The second kappa shape index (κ2) is 5.95. The zero-order chi connectivity index (χ0) is 13.3. The van der Waals surface area contributed by atoms with E-state index in [0.717, 1.165) is 29.9 Å². The fourth-order valence-electron chi connectivity index (χ4n) is 5.54. The van der Waals surface area contributed by atoms with E-state index in [0.29, 0.717) is 18.1 Å². The summed E-state index contributed by atoms with van der Waals surface area (Å²) in [6, 6.07) is 0.699. The molecule has 2 nitrogen and oxygen atoms in total. The molecule has 19 heavy (non-hydrogen) atoms. The third-order valence-electron chi connectivity index (χ3n) is 5.90. The maximum atomic E-state index is 8.89. The van der Waals surface area contributed by atoms with Crippen molar-refractivity contribution >= 4 is 11.8 Å². The molecule has 4 aliphatic rings. The van der Waals surface area contributed by atoms with Gasteiger partial charge in [-0.3, -0.25) is 0 Å². The van der Waals surface area contributed by atoms with E-state index < -0.39 is 0 Å². The molecule has 110 valence electrons. The highest BCUT2D eigenvalue weighted by atomic mass is 32.2. The Balaban J connectivity index is 1.62. The lowest BCUT2D eigenvalue weighted by atomic mass is 9.48. The first-order chi connectivity index (χ1) is 9.25. The molecule has 3 heteroatoms. The zero-order valence-corrected chi connectivity index (χ0v) is 13.1. The molecule has 0 spiro atoms. The zero-order valence-electron chi connectivity index (χ0n) is 12.2. The Morgan fingerprint density at radius 3 is 2.21 bits per heavy atom. The summed E-state index contributed by atoms with van der Waals surface area (Å²) < 4.78 is 0. The molecule has 0 saturated heterocycles. The number of nitrogens with one attached hydrogen (secondary N) is 1. The second-order valence-electron chi connectivity index (χ2n) is 7.27. The molecule has 4 saturated carbocycles. The highest BCUT2D eigenvalue weighted by Gasteiger charge is 2.53. The maximum Gasteiger partial charge on any atom is 0.0438 e. The average Bonchev–Trinajstić information content (AvgIpc) is 2.37. The van der Waals surface area contributed by atoms with E-state index in [2.05, 4.69) is 12.4 Å². The van der Waals surface area contributed by atoms with Crippen molar-refractivity contribution in [2.75, 3.05) is 25.2 Å². The van der Waals surface area contributed by atoms with Gasteiger partial charge in [-0.15, -0.1) is 0 Å². The van der Waals surface area contributed by atoms with Crippen LogP contribution in [0.15, 0.2) is 0 Å². The fraction of sp³-hybridized carbons (Fsp3) is 1.00. The van der Waals surface area contributed by atoms with Gasteiger partial charge in [0.1, 0.15) is 0 Å². The molecule has 0 amide bonds. The molecular weight excluding hydrogens is 254 g/mol. The van der Waals surface area contributed by atoms with Crippen LogP contribution in [0, 0.1) is 23.2 Å². The SMILES string of the molecule is CNC(CSCCCO)C12CC3CC(CC(C3)C1)C2. The van der Waals surface area contributed by atoms with Crippen LogP contribution in [0.4, 0.5) is 0 Å². The van der Waals surface area contributed by atoms with Crippen molar-refractivity contribution in [3.05, 3.63) is 0 Å². The molecule has 4 rings (SSSR count). The fourth-order valence-corrected chi connectivity index (χ4v) is 6.79. The molecule has 0 heterocycles. The van der Waals surface area contributed by atoms with Gasteiger partial charge in [-0.25, -0.2) is 0 Å². The van der Waals surface area contributed by atoms with Gasteiger partial charge in [0.15, 0.2) is 0 Å². The number of aliphatic hydroxyl groups is 1. The first-order valence-corrected chi connectivity index (χ1v) is 9.27. The number of rotatable bonds is 7. The molecule has 0 aromatic carbocycles. The molecule has 4 aliphatic carbocycles. The lowest BCUT2D eigenvalue weighted by molar-refractivity contribution is -0.0682. The van der Waals surface area contributed by atoms with Crippen LogP contribution in [0.5, 0.6) is 0 Å². The number of hydrogen-bond donors (Lipinski definition) is 2. The third kappa shape index (κ3) is 2.84. The average molecular weight is 283 g/mol. The highest BCUT2D eigenvalue weighted by molar-refractivity contribution is 7.99. The van der Waals surface area contributed by atoms with Gasteiger partial charge in [0.25, 0.3) is 0 Å². The predicted molar refractivity (Wildman–Crippen MR) is 82.5 cm³/mol. The van der Waals surface area contributed by atoms with E-state index in [1.54, 1.807) is 0 Å². The maximum absolute atomic E-state index is 8.89. The summed E-state index contributed by atoms with van der Waals surface area (Å²) in [6.45, 7) is 0.342. The molecule has 1 atom stereocenters. The van der Waals surface area contributed by atoms with E-state index in [9.17, 15) is 0 Å². The van der Waals surface area contributed by atoms with Gasteiger partial charge in [-0.05, 0) is 80.9 Å². The Bertz CT molecular complexity index is 272. The minimum Gasteiger partial charge on any atom is -0.396 e.